The van der Waals surface area contributed by atoms with E-state index in [9.17, 15) is 18.0 Å². The third-order valence-corrected chi connectivity index (χ3v) is 3.01. The van der Waals surface area contributed by atoms with E-state index in [2.05, 4.69) is 19.7 Å². The number of methoxy groups -OCH3 is 1. The molecule has 0 spiro atoms. The highest BCUT2D eigenvalue weighted by Crippen LogP contribution is 2.28. The number of ether oxygens (including phenoxy) is 1. The molecule has 130 valence electrons. The van der Waals surface area contributed by atoms with Crippen LogP contribution in [-0.4, -0.2) is 43.2 Å². The van der Waals surface area contributed by atoms with E-state index in [0.29, 0.717) is 30.9 Å². The summed E-state index contributed by atoms with van der Waals surface area (Å²) in [6.07, 6.45) is -2.70. The first kappa shape index (κ1) is 17.7. The lowest BCUT2D eigenvalue weighted by Crippen LogP contribution is -2.23. The number of amides is 1. The predicted octanol–water partition coefficient (Wildman–Crippen LogP) is 2.42. The number of halogens is 3. The summed E-state index contributed by atoms with van der Waals surface area (Å²) < 4.78 is 46.4. The fourth-order valence-corrected chi connectivity index (χ4v) is 1.73. The van der Waals surface area contributed by atoms with Gasteiger partial charge < -0.3 is 19.4 Å². The number of carbonyl (C=O) groups is 1. The lowest BCUT2D eigenvalue weighted by Gasteiger charge is -2.17. The average molecular weight is 344 g/mol. The molecule has 2 aromatic heterocycles. The monoisotopic (exact) mass is 344 g/mol. The van der Waals surface area contributed by atoms with Crippen LogP contribution < -0.4 is 10.2 Å². The van der Waals surface area contributed by atoms with E-state index < -0.39 is 23.7 Å². The van der Waals surface area contributed by atoms with Crippen molar-refractivity contribution < 1.29 is 27.1 Å². The Morgan fingerprint density at radius 3 is 2.71 bits per heavy atom. The molecule has 0 unspecified atom stereocenters. The van der Waals surface area contributed by atoms with E-state index in [1.807, 2.05) is 11.9 Å². The van der Waals surface area contributed by atoms with Crippen molar-refractivity contribution in [2.75, 3.05) is 37.5 Å². The Kier molecular flexibility index (Phi) is 5.39. The number of nitrogens with one attached hydrogen (secondary N) is 1. The molecule has 0 saturated heterocycles. The molecule has 2 aromatic rings. The number of aromatic nitrogens is 2. The van der Waals surface area contributed by atoms with Gasteiger partial charge in [-0.2, -0.15) is 13.2 Å². The summed E-state index contributed by atoms with van der Waals surface area (Å²) in [6, 6.07) is 3.24. The second kappa shape index (κ2) is 7.30. The summed E-state index contributed by atoms with van der Waals surface area (Å²) in [6.45, 7) is 1.17. The molecule has 2 heterocycles. The van der Waals surface area contributed by atoms with Crippen LogP contribution in [0.3, 0.4) is 0 Å². The van der Waals surface area contributed by atoms with E-state index in [0.717, 1.165) is 0 Å². The Bertz CT molecular complexity index is 685. The van der Waals surface area contributed by atoms with Gasteiger partial charge in [-0.05, 0) is 12.1 Å². The topological polar surface area (TPSA) is 80.5 Å². The van der Waals surface area contributed by atoms with Gasteiger partial charge in [-0.15, -0.1) is 0 Å². The molecule has 1 amide bonds. The smallest absolute Gasteiger partial charge is 0.441 e. The second-order valence-electron chi connectivity index (χ2n) is 4.81. The number of alkyl halides is 3. The molecule has 0 atom stereocenters. The second-order valence-corrected chi connectivity index (χ2v) is 4.81. The molecule has 2 rings (SSSR count). The minimum atomic E-state index is -4.74. The zero-order chi connectivity index (χ0) is 17.7. The van der Waals surface area contributed by atoms with Gasteiger partial charge in [-0.25, -0.2) is 9.97 Å². The van der Waals surface area contributed by atoms with Gasteiger partial charge in [0.2, 0.25) is 0 Å². The van der Waals surface area contributed by atoms with Crippen molar-refractivity contribution in [1.82, 2.24) is 9.97 Å². The standard InChI is InChI=1S/C14H15F3N4O3/c1-21(5-6-23-2)11-4-3-9(7-18-11)19-12(22)10-8-24-13(20-10)14(15,16)17/h3-4,7-8H,5-6H2,1-2H3,(H,19,22). The number of carbonyl (C=O) groups excluding carboxylic acids is 1. The fraction of sp³-hybridized carbons (Fsp3) is 0.357. The van der Waals surface area contributed by atoms with E-state index in [-0.39, 0.29) is 0 Å². The van der Waals surface area contributed by atoms with Crippen molar-refractivity contribution in [3.63, 3.8) is 0 Å². The van der Waals surface area contributed by atoms with Crippen LogP contribution in [0.4, 0.5) is 24.7 Å². The van der Waals surface area contributed by atoms with Crippen molar-refractivity contribution in [3.8, 4) is 0 Å². The SMILES string of the molecule is COCCN(C)c1ccc(NC(=O)c2coc(C(F)(F)F)n2)cn1. The molecule has 0 aliphatic carbocycles. The van der Waals surface area contributed by atoms with Crippen molar-refractivity contribution in [2.45, 2.75) is 6.18 Å². The molecule has 24 heavy (non-hydrogen) atoms. The molecule has 0 aliphatic rings. The van der Waals surface area contributed by atoms with Crippen LogP contribution in [-0.2, 0) is 10.9 Å². The Labute approximate surface area is 135 Å². The Morgan fingerprint density at radius 1 is 1.42 bits per heavy atom. The maximum Gasteiger partial charge on any atom is 0.468 e. The van der Waals surface area contributed by atoms with Crippen molar-refractivity contribution in [1.29, 1.82) is 0 Å². The molecule has 0 aromatic carbocycles. The van der Waals surface area contributed by atoms with Crippen LogP contribution in [0.15, 0.2) is 29.0 Å². The fourth-order valence-electron chi connectivity index (χ4n) is 1.73. The van der Waals surface area contributed by atoms with E-state index in [4.69, 9.17) is 4.74 Å². The first-order valence-corrected chi connectivity index (χ1v) is 6.81. The Hall–Kier alpha value is -2.62. The van der Waals surface area contributed by atoms with Gasteiger partial charge >= 0.3 is 12.1 Å². The van der Waals surface area contributed by atoms with Crippen LogP contribution >= 0.6 is 0 Å². The first-order valence-electron chi connectivity index (χ1n) is 6.81. The highest BCUT2D eigenvalue weighted by molar-refractivity contribution is 6.02. The number of hydrogen-bond donors (Lipinski definition) is 1. The van der Waals surface area contributed by atoms with E-state index in [1.54, 1.807) is 19.2 Å². The molecule has 0 bridgehead atoms. The molecular formula is C14H15F3N4O3. The summed E-state index contributed by atoms with van der Waals surface area (Å²) >= 11 is 0. The van der Waals surface area contributed by atoms with E-state index >= 15 is 0 Å². The predicted molar refractivity (Wildman–Crippen MR) is 78.8 cm³/mol. The van der Waals surface area contributed by atoms with Gasteiger partial charge in [0.05, 0.1) is 18.5 Å². The summed E-state index contributed by atoms with van der Waals surface area (Å²) in [5.74, 6) is -1.64. The molecule has 0 saturated carbocycles. The minimum Gasteiger partial charge on any atom is -0.441 e. The van der Waals surface area contributed by atoms with Crippen LogP contribution in [0.5, 0.6) is 0 Å². The lowest BCUT2D eigenvalue weighted by atomic mass is 10.3. The number of pyridine rings is 1. The summed E-state index contributed by atoms with van der Waals surface area (Å²) in [5, 5.41) is 2.40. The third-order valence-electron chi connectivity index (χ3n) is 3.01. The molecule has 0 aliphatic heterocycles. The van der Waals surface area contributed by atoms with Crippen LogP contribution in [0.25, 0.3) is 0 Å². The highest BCUT2D eigenvalue weighted by Gasteiger charge is 2.37. The van der Waals surface area contributed by atoms with Gasteiger partial charge in [0, 0.05) is 20.7 Å². The molecular weight excluding hydrogens is 329 g/mol. The quantitative estimate of drug-likeness (QED) is 0.867. The van der Waals surface area contributed by atoms with Crippen molar-refractivity contribution in [3.05, 3.63) is 36.2 Å². The van der Waals surface area contributed by atoms with Gasteiger partial charge in [0.25, 0.3) is 5.91 Å². The summed E-state index contributed by atoms with van der Waals surface area (Å²) in [5.41, 5.74) is -0.149. The number of anilines is 2. The maximum atomic E-state index is 12.4. The van der Waals surface area contributed by atoms with Gasteiger partial charge in [0.15, 0.2) is 5.69 Å². The number of rotatable bonds is 6. The number of hydrogen-bond acceptors (Lipinski definition) is 6. The van der Waals surface area contributed by atoms with Gasteiger partial charge in [0.1, 0.15) is 12.1 Å². The molecule has 0 fully saturated rings. The Balaban J connectivity index is 2.00. The number of nitrogens with zero attached hydrogens (tertiary/aromatic N) is 3. The van der Waals surface area contributed by atoms with Crippen molar-refractivity contribution >= 4 is 17.4 Å². The van der Waals surface area contributed by atoms with E-state index in [1.165, 1.54) is 6.20 Å². The minimum absolute atomic E-state index is 0.320. The highest BCUT2D eigenvalue weighted by atomic mass is 19.4. The van der Waals surface area contributed by atoms with Gasteiger partial charge in [-0.1, -0.05) is 0 Å². The Morgan fingerprint density at radius 2 is 2.17 bits per heavy atom. The maximum absolute atomic E-state index is 12.4. The average Bonchev–Trinajstić information content (AvgIpc) is 3.03. The van der Waals surface area contributed by atoms with Crippen LogP contribution in [0, 0.1) is 0 Å². The zero-order valence-corrected chi connectivity index (χ0v) is 12.9. The zero-order valence-electron chi connectivity index (χ0n) is 12.9. The van der Waals surface area contributed by atoms with Crippen LogP contribution in [0.2, 0.25) is 0 Å². The lowest BCUT2D eigenvalue weighted by molar-refractivity contribution is -0.157. The largest absolute Gasteiger partial charge is 0.468 e. The molecule has 10 heteroatoms. The molecule has 7 nitrogen and oxygen atoms in total. The number of likely N-dealkylation sites (N-methyl/N-ethyl adjacent to an activating group) is 1. The summed E-state index contributed by atoms with van der Waals surface area (Å²) in [4.78, 5) is 21.0. The van der Waals surface area contributed by atoms with Gasteiger partial charge in [-0.3, -0.25) is 4.79 Å². The summed E-state index contributed by atoms with van der Waals surface area (Å²) in [7, 11) is 3.42. The third kappa shape index (κ3) is 4.44. The normalized spacial score (nSPS) is 11.4. The van der Waals surface area contributed by atoms with Crippen molar-refractivity contribution in [2.24, 2.45) is 0 Å². The van der Waals surface area contributed by atoms with Crippen LogP contribution in [0.1, 0.15) is 16.4 Å². The molecule has 0 radical (unpaired) electrons. The first-order chi connectivity index (χ1) is 11.3. The number of oxazole rings is 1. The molecule has 1 N–H and O–H groups in total.